The maximum absolute atomic E-state index is 12.5. The van der Waals surface area contributed by atoms with E-state index in [4.69, 9.17) is 27.7 Å². The minimum Gasteiger partial charge on any atom is -0.359 e. The number of anilines is 2. The molecule has 0 saturated carbocycles. The zero-order valence-electron chi connectivity index (χ0n) is 13.7. The molecule has 0 spiro atoms. The standard InChI is InChI=1S/C16H13Cl2N5O3/c1-7-13(8(2)26-23-7)21-16(25)14-11(6-19-22-14)20-15(24)12-9(17)4-3-5-10(12)18/h3-6H,1-2H3,(H,19,22)(H,20,24)(H,21,25). The van der Waals surface area contributed by atoms with Crippen molar-refractivity contribution in [3.8, 4) is 0 Å². The van der Waals surface area contributed by atoms with Crippen LogP contribution in [-0.4, -0.2) is 27.2 Å². The number of aromatic amines is 1. The molecular formula is C16H13Cl2N5O3. The highest BCUT2D eigenvalue weighted by Crippen LogP contribution is 2.26. The Kier molecular flexibility index (Phi) is 4.97. The number of nitrogens with one attached hydrogen (secondary N) is 3. The molecule has 2 amide bonds. The maximum Gasteiger partial charge on any atom is 0.278 e. The SMILES string of the molecule is Cc1noc(C)c1NC(=O)c1n[nH]cc1NC(=O)c1c(Cl)cccc1Cl. The van der Waals surface area contributed by atoms with E-state index in [9.17, 15) is 9.59 Å². The minimum atomic E-state index is -0.562. The molecule has 0 unspecified atom stereocenters. The summed E-state index contributed by atoms with van der Waals surface area (Å²) >= 11 is 12.1. The van der Waals surface area contributed by atoms with Gasteiger partial charge in [-0.2, -0.15) is 5.10 Å². The highest BCUT2D eigenvalue weighted by atomic mass is 35.5. The molecule has 0 saturated heterocycles. The van der Waals surface area contributed by atoms with E-state index < -0.39 is 11.8 Å². The number of aryl methyl sites for hydroxylation is 2. The first-order valence-corrected chi connectivity index (χ1v) is 8.17. The van der Waals surface area contributed by atoms with Crippen LogP contribution in [0.5, 0.6) is 0 Å². The molecule has 0 aliphatic rings. The van der Waals surface area contributed by atoms with Crippen LogP contribution in [0.25, 0.3) is 0 Å². The lowest BCUT2D eigenvalue weighted by Gasteiger charge is -2.08. The van der Waals surface area contributed by atoms with E-state index in [1.165, 1.54) is 6.20 Å². The number of nitrogens with zero attached hydrogens (tertiary/aromatic N) is 2. The molecule has 1 aromatic carbocycles. The van der Waals surface area contributed by atoms with Gasteiger partial charge >= 0.3 is 0 Å². The number of carbonyl (C=O) groups is 2. The largest absolute Gasteiger partial charge is 0.359 e. The zero-order chi connectivity index (χ0) is 18.8. The molecule has 0 aliphatic carbocycles. The molecule has 10 heteroatoms. The van der Waals surface area contributed by atoms with Crippen molar-refractivity contribution in [2.45, 2.75) is 13.8 Å². The van der Waals surface area contributed by atoms with Gasteiger partial charge in [0.15, 0.2) is 11.5 Å². The molecule has 0 fully saturated rings. The van der Waals surface area contributed by atoms with Crippen LogP contribution in [-0.2, 0) is 0 Å². The third kappa shape index (κ3) is 3.42. The first-order valence-electron chi connectivity index (χ1n) is 7.42. The van der Waals surface area contributed by atoms with Crippen LogP contribution in [0.3, 0.4) is 0 Å². The molecular weight excluding hydrogens is 381 g/mol. The van der Waals surface area contributed by atoms with Gasteiger partial charge in [0.05, 0.1) is 21.3 Å². The second-order valence-electron chi connectivity index (χ2n) is 5.35. The van der Waals surface area contributed by atoms with Crippen LogP contribution in [0, 0.1) is 13.8 Å². The highest BCUT2D eigenvalue weighted by molar-refractivity contribution is 6.40. The van der Waals surface area contributed by atoms with Crippen LogP contribution >= 0.6 is 23.2 Å². The van der Waals surface area contributed by atoms with Crippen molar-refractivity contribution in [1.82, 2.24) is 15.4 Å². The van der Waals surface area contributed by atoms with E-state index in [-0.39, 0.29) is 27.0 Å². The lowest BCUT2D eigenvalue weighted by atomic mass is 10.2. The van der Waals surface area contributed by atoms with Crippen molar-refractivity contribution in [1.29, 1.82) is 0 Å². The fraction of sp³-hybridized carbons (Fsp3) is 0.125. The fourth-order valence-corrected chi connectivity index (χ4v) is 2.86. The Morgan fingerprint density at radius 2 is 1.81 bits per heavy atom. The van der Waals surface area contributed by atoms with Crippen molar-refractivity contribution in [3.63, 3.8) is 0 Å². The van der Waals surface area contributed by atoms with E-state index in [1.54, 1.807) is 32.0 Å². The Morgan fingerprint density at radius 3 is 2.42 bits per heavy atom. The number of carbonyl (C=O) groups excluding carboxylic acids is 2. The summed E-state index contributed by atoms with van der Waals surface area (Å²) in [5, 5.41) is 15.8. The lowest BCUT2D eigenvalue weighted by molar-refractivity contribution is 0.102. The van der Waals surface area contributed by atoms with E-state index in [0.717, 1.165) is 0 Å². The summed E-state index contributed by atoms with van der Waals surface area (Å²) < 4.78 is 5.00. The summed E-state index contributed by atoms with van der Waals surface area (Å²) in [5.74, 6) is -0.644. The minimum absolute atomic E-state index is 0.0125. The second-order valence-corrected chi connectivity index (χ2v) is 6.17. The summed E-state index contributed by atoms with van der Waals surface area (Å²) in [6.45, 7) is 3.36. The topological polar surface area (TPSA) is 113 Å². The van der Waals surface area contributed by atoms with Crippen LogP contribution in [0.1, 0.15) is 32.3 Å². The van der Waals surface area contributed by atoms with Gasteiger partial charge in [-0.25, -0.2) is 0 Å². The number of hydrogen-bond acceptors (Lipinski definition) is 5. The smallest absolute Gasteiger partial charge is 0.278 e. The third-order valence-electron chi connectivity index (χ3n) is 3.57. The van der Waals surface area contributed by atoms with Crippen LogP contribution in [0.4, 0.5) is 11.4 Å². The highest BCUT2D eigenvalue weighted by Gasteiger charge is 2.22. The Hall–Kier alpha value is -2.84. The van der Waals surface area contributed by atoms with E-state index in [0.29, 0.717) is 17.1 Å². The molecule has 26 heavy (non-hydrogen) atoms. The van der Waals surface area contributed by atoms with E-state index in [2.05, 4.69) is 26.0 Å². The summed E-state index contributed by atoms with van der Waals surface area (Å²) in [6, 6.07) is 4.72. The van der Waals surface area contributed by atoms with Gasteiger partial charge < -0.3 is 15.2 Å². The molecule has 8 nitrogen and oxygen atoms in total. The van der Waals surface area contributed by atoms with E-state index >= 15 is 0 Å². The predicted molar refractivity (Wildman–Crippen MR) is 96.9 cm³/mol. The zero-order valence-corrected chi connectivity index (χ0v) is 15.2. The fourth-order valence-electron chi connectivity index (χ4n) is 2.29. The lowest BCUT2D eigenvalue weighted by Crippen LogP contribution is -2.18. The van der Waals surface area contributed by atoms with Crippen molar-refractivity contribution >= 4 is 46.4 Å². The molecule has 134 valence electrons. The number of benzene rings is 1. The van der Waals surface area contributed by atoms with Crippen molar-refractivity contribution < 1.29 is 14.1 Å². The average Bonchev–Trinajstić information content (AvgIpc) is 3.16. The van der Waals surface area contributed by atoms with Crippen molar-refractivity contribution in [3.05, 3.63) is 57.2 Å². The Labute approximate surface area is 157 Å². The number of aromatic nitrogens is 3. The molecule has 3 N–H and O–H groups in total. The quantitative estimate of drug-likeness (QED) is 0.623. The Bertz CT molecular complexity index is 956. The summed E-state index contributed by atoms with van der Waals surface area (Å²) in [5.41, 5.74) is 1.25. The molecule has 2 heterocycles. The number of H-pyrrole nitrogens is 1. The van der Waals surface area contributed by atoms with Crippen molar-refractivity contribution in [2.24, 2.45) is 0 Å². The first-order chi connectivity index (χ1) is 12.4. The van der Waals surface area contributed by atoms with E-state index in [1.807, 2.05) is 0 Å². The number of rotatable bonds is 4. The molecule has 0 atom stereocenters. The first kappa shape index (κ1) is 18.0. The van der Waals surface area contributed by atoms with Gasteiger partial charge in [-0.15, -0.1) is 0 Å². The average molecular weight is 394 g/mol. The van der Waals surface area contributed by atoms with Crippen LogP contribution in [0.2, 0.25) is 10.0 Å². The number of hydrogen-bond donors (Lipinski definition) is 3. The third-order valence-corrected chi connectivity index (χ3v) is 4.20. The summed E-state index contributed by atoms with van der Waals surface area (Å²) in [6.07, 6.45) is 1.38. The molecule has 3 aromatic rings. The van der Waals surface area contributed by atoms with Gasteiger partial charge in [-0.3, -0.25) is 14.7 Å². The number of halogens is 2. The van der Waals surface area contributed by atoms with Crippen LogP contribution < -0.4 is 10.6 Å². The molecule has 2 aromatic heterocycles. The van der Waals surface area contributed by atoms with Crippen LogP contribution in [0.15, 0.2) is 28.9 Å². The molecule has 0 bridgehead atoms. The molecule has 0 aliphatic heterocycles. The normalized spacial score (nSPS) is 10.6. The predicted octanol–water partition coefficient (Wildman–Crippen LogP) is 3.83. The second kappa shape index (κ2) is 7.19. The van der Waals surface area contributed by atoms with Crippen molar-refractivity contribution in [2.75, 3.05) is 10.6 Å². The van der Waals surface area contributed by atoms with Gasteiger partial charge in [0.25, 0.3) is 11.8 Å². The Balaban J connectivity index is 1.83. The van der Waals surface area contributed by atoms with Gasteiger partial charge in [0.1, 0.15) is 11.4 Å². The van der Waals surface area contributed by atoms with Gasteiger partial charge in [0, 0.05) is 6.20 Å². The monoisotopic (exact) mass is 393 g/mol. The van der Waals surface area contributed by atoms with Gasteiger partial charge in [0.2, 0.25) is 0 Å². The molecule has 3 rings (SSSR count). The summed E-state index contributed by atoms with van der Waals surface area (Å²) in [7, 11) is 0. The molecule has 0 radical (unpaired) electrons. The number of amides is 2. The Morgan fingerprint density at radius 1 is 1.12 bits per heavy atom. The van der Waals surface area contributed by atoms with Gasteiger partial charge in [-0.1, -0.05) is 34.4 Å². The maximum atomic E-state index is 12.5. The summed E-state index contributed by atoms with van der Waals surface area (Å²) in [4.78, 5) is 25.0. The van der Waals surface area contributed by atoms with Gasteiger partial charge in [-0.05, 0) is 26.0 Å².